The fraction of sp³-hybridized carbons (Fsp3) is 0.0566. The summed E-state index contributed by atoms with van der Waals surface area (Å²) in [4.78, 5) is 2.46. The maximum Gasteiger partial charge on any atom is 0.143 e. The van der Waals surface area contributed by atoms with Gasteiger partial charge in [0.05, 0.1) is 5.69 Å². The van der Waals surface area contributed by atoms with Gasteiger partial charge in [0, 0.05) is 38.5 Å². The molecule has 2 heteroatoms. The molecular weight excluding hydrogens is 667 g/mol. The van der Waals surface area contributed by atoms with Crippen molar-refractivity contribution < 1.29 is 4.42 Å². The van der Waals surface area contributed by atoms with Crippen molar-refractivity contribution in [3.05, 3.63) is 199 Å². The normalized spacial score (nSPS) is 13.1. The first kappa shape index (κ1) is 31.6. The van der Waals surface area contributed by atoms with Gasteiger partial charge in [-0.3, -0.25) is 0 Å². The van der Waals surface area contributed by atoms with Crippen molar-refractivity contribution in [2.24, 2.45) is 0 Å². The largest absolute Gasteiger partial charge is 0.455 e. The third kappa shape index (κ3) is 4.81. The van der Waals surface area contributed by atoms with Crippen molar-refractivity contribution in [1.29, 1.82) is 0 Å². The Balaban J connectivity index is 1.09. The van der Waals surface area contributed by atoms with E-state index in [1.165, 1.54) is 49.4 Å². The second kappa shape index (κ2) is 12.1. The predicted molar refractivity (Wildman–Crippen MR) is 232 cm³/mol. The van der Waals surface area contributed by atoms with Gasteiger partial charge in [-0.1, -0.05) is 166 Å². The maximum atomic E-state index is 6.50. The van der Waals surface area contributed by atoms with Crippen molar-refractivity contribution in [2.45, 2.75) is 19.3 Å². The molecule has 55 heavy (non-hydrogen) atoms. The molecule has 0 N–H and O–H groups in total. The van der Waals surface area contributed by atoms with Crippen molar-refractivity contribution in [1.82, 2.24) is 0 Å². The van der Waals surface area contributed by atoms with Gasteiger partial charge in [-0.15, -0.1) is 0 Å². The van der Waals surface area contributed by atoms with Crippen LogP contribution in [0, 0.1) is 0 Å². The molecule has 1 aromatic heterocycles. The Morgan fingerprint density at radius 1 is 0.400 bits per heavy atom. The number of fused-ring (bicyclic) bond motifs is 9. The van der Waals surface area contributed by atoms with Crippen LogP contribution in [0.2, 0.25) is 0 Å². The lowest BCUT2D eigenvalue weighted by atomic mass is 9.82. The number of nitrogens with zero attached hydrogens (tertiary/aromatic N) is 1. The number of rotatable bonds is 5. The molecule has 260 valence electrons. The zero-order chi connectivity index (χ0) is 36.7. The van der Waals surface area contributed by atoms with Crippen LogP contribution in [0.25, 0.3) is 76.9 Å². The number of hydrogen-bond acceptors (Lipinski definition) is 2. The van der Waals surface area contributed by atoms with Crippen LogP contribution in [-0.4, -0.2) is 0 Å². The molecule has 0 saturated heterocycles. The summed E-state index contributed by atoms with van der Waals surface area (Å²) in [6.07, 6.45) is 0. The minimum Gasteiger partial charge on any atom is -0.455 e. The summed E-state index contributed by atoms with van der Waals surface area (Å²) in [5.41, 5.74) is 15.1. The lowest BCUT2D eigenvalue weighted by molar-refractivity contribution is 0.660. The molecule has 0 amide bonds. The van der Waals surface area contributed by atoms with Crippen LogP contribution in [-0.2, 0) is 5.41 Å². The predicted octanol–water partition coefficient (Wildman–Crippen LogP) is 15.0. The highest BCUT2D eigenvalue weighted by atomic mass is 16.3. The van der Waals surface area contributed by atoms with Crippen LogP contribution in [0.3, 0.4) is 0 Å². The Morgan fingerprint density at radius 2 is 1.00 bits per heavy atom. The number of anilines is 3. The molecule has 10 aromatic rings. The van der Waals surface area contributed by atoms with E-state index in [4.69, 9.17) is 4.42 Å². The van der Waals surface area contributed by atoms with E-state index in [9.17, 15) is 0 Å². The van der Waals surface area contributed by atoms with Gasteiger partial charge < -0.3 is 9.32 Å². The van der Waals surface area contributed by atoms with Gasteiger partial charge in [0.25, 0.3) is 0 Å². The maximum absolute atomic E-state index is 6.50. The molecule has 1 heterocycles. The highest BCUT2D eigenvalue weighted by molar-refractivity contribution is 6.15. The van der Waals surface area contributed by atoms with Crippen molar-refractivity contribution in [2.75, 3.05) is 4.90 Å². The third-order valence-electron chi connectivity index (χ3n) is 11.9. The van der Waals surface area contributed by atoms with Crippen molar-refractivity contribution in [3.8, 4) is 33.4 Å². The van der Waals surface area contributed by atoms with Crippen molar-refractivity contribution >= 4 is 60.5 Å². The molecule has 0 radical (unpaired) electrons. The van der Waals surface area contributed by atoms with Gasteiger partial charge in [-0.05, 0) is 91.5 Å². The summed E-state index contributed by atoms with van der Waals surface area (Å²) in [7, 11) is 0. The van der Waals surface area contributed by atoms with Gasteiger partial charge >= 0.3 is 0 Å². The number of furan rings is 1. The molecule has 9 aromatic carbocycles. The fourth-order valence-corrected chi connectivity index (χ4v) is 9.20. The second-order valence-electron chi connectivity index (χ2n) is 15.3. The molecule has 0 unspecified atom stereocenters. The van der Waals surface area contributed by atoms with E-state index < -0.39 is 0 Å². The van der Waals surface area contributed by atoms with E-state index in [-0.39, 0.29) is 5.41 Å². The van der Waals surface area contributed by atoms with E-state index >= 15 is 0 Å². The molecule has 1 aliphatic rings. The van der Waals surface area contributed by atoms with E-state index in [1.54, 1.807) is 0 Å². The molecule has 0 saturated carbocycles. The Bertz CT molecular complexity index is 3130. The minimum atomic E-state index is -0.116. The zero-order valence-electron chi connectivity index (χ0n) is 30.8. The highest BCUT2D eigenvalue weighted by Crippen LogP contribution is 2.51. The van der Waals surface area contributed by atoms with Crippen LogP contribution in [0.5, 0.6) is 0 Å². The Hall–Kier alpha value is -6.90. The third-order valence-corrected chi connectivity index (χ3v) is 11.9. The van der Waals surface area contributed by atoms with Gasteiger partial charge in [0.1, 0.15) is 11.2 Å². The second-order valence-corrected chi connectivity index (χ2v) is 15.3. The van der Waals surface area contributed by atoms with E-state index in [0.717, 1.165) is 55.7 Å². The number of para-hydroxylation sites is 2. The quantitative estimate of drug-likeness (QED) is 0.166. The molecule has 0 aliphatic heterocycles. The number of benzene rings is 9. The first-order valence-electron chi connectivity index (χ1n) is 19.1. The van der Waals surface area contributed by atoms with Crippen LogP contribution >= 0.6 is 0 Å². The van der Waals surface area contributed by atoms with Gasteiger partial charge in [-0.2, -0.15) is 0 Å². The summed E-state index contributed by atoms with van der Waals surface area (Å²) in [6.45, 7) is 4.71. The van der Waals surface area contributed by atoms with Crippen LogP contribution in [0.15, 0.2) is 192 Å². The SMILES string of the molecule is CC1(C)c2ccccc2-c2ccc(N(c3ccc(-c4ccccc4-c4cccc5c4oc4ccccc45)cc3)c3cc4ccccc4c4ccccc34)cc21. The average Bonchev–Trinajstić information content (AvgIpc) is 3.73. The zero-order valence-corrected chi connectivity index (χ0v) is 30.8. The van der Waals surface area contributed by atoms with E-state index in [0.29, 0.717) is 0 Å². The summed E-state index contributed by atoms with van der Waals surface area (Å²) in [5.74, 6) is 0. The van der Waals surface area contributed by atoms with Gasteiger partial charge in [0.2, 0.25) is 0 Å². The Morgan fingerprint density at radius 3 is 1.84 bits per heavy atom. The Labute approximate surface area is 320 Å². The molecule has 2 nitrogen and oxygen atoms in total. The van der Waals surface area contributed by atoms with Crippen LogP contribution < -0.4 is 4.90 Å². The van der Waals surface area contributed by atoms with Crippen LogP contribution in [0.1, 0.15) is 25.0 Å². The highest BCUT2D eigenvalue weighted by Gasteiger charge is 2.36. The van der Waals surface area contributed by atoms with Crippen molar-refractivity contribution in [3.63, 3.8) is 0 Å². The minimum absolute atomic E-state index is 0.116. The van der Waals surface area contributed by atoms with Gasteiger partial charge in [0.15, 0.2) is 0 Å². The molecule has 11 rings (SSSR count). The Kier molecular flexibility index (Phi) is 6.93. The molecular formula is C53H37NO. The molecule has 0 bridgehead atoms. The summed E-state index contributed by atoms with van der Waals surface area (Å²) >= 11 is 0. The van der Waals surface area contributed by atoms with Gasteiger partial charge in [-0.25, -0.2) is 0 Å². The first-order chi connectivity index (χ1) is 27.0. The van der Waals surface area contributed by atoms with Crippen LogP contribution in [0.4, 0.5) is 17.1 Å². The molecule has 0 spiro atoms. The smallest absolute Gasteiger partial charge is 0.143 e. The lowest BCUT2D eigenvalue weighted by Crippen LogP contribution is -2.16. The van der Waals surface area contributed by atoms with E-state index in [2.05, 4.69) is 201 Å². The first-order valence-corrected chi connectivity index (χ1v) is 19.1. The number of hydrogen-bond donors (Lipinski definition) is 0. The monoisotopic (exact) mass is 703 g/mol. The summed E-state index contributed by atoms with van der Waals surface area (Å²) < 4.78 is 6.50. The summed E-state index contributed by atoms with van der Waals surface area (Å²) in [6, 6.07) is 68.4. The molecule has 0 atom stereocenters. The topological polar surface area (TPSA) is 16.4 Å². The lowest BCUT2D eigenvalue weighted by Gasteiger charge is -2.29. The molecule has 1 aliphatic carbocycles. The summed E-state index contributed by atoms with van der Waals surface area (Å²) in [5, 5.41) is 7.23. The fourth-order valence-electron chi connectivity index (χ4n) is 9.20. The van der Waals surface area contributed by atoms with E-state index in [1.807, 2.05) is 6.07 Å². The standard InChI is InChI=1S/C53H37NO/c1-53(2)48-24-11-9-19-42(48)43-31-30-37(33-49(43)53)54(50-32-35-14-3-4-16-39(35)40-17-7-8-20-44(40)50)36-28-26-34(27-29-36)38-15-5-6-18-41(38)46-22-13-23-47-45-21-10-12-25-51(45)55-52(46)47/h3-33H,1-2H3. The average molecular weight is 704 g/mol. The molecule has 0 fully saturated rings.